The minimum absolute atomic E-state index is 0.0185. The molecule has 3 aromatic rings. The molecule has 10 heteroatoms. The van der Waals surface area contributed by atoms with Gasteiger partial charge in [-0.3, -0.25) is 13.9 Å². The number of para-hydroxylation sites is 2. The molecular weight excluding hydrogens is 569 g/mol. The standard InChI is InChI=1S/C33H42FN3O5S/c1-5-25(3)35-33(39)30(23-26-15-8-7-9-16-26)36(24-27-17-10-11-18-28(27)34)32(38)21-14-22-37(43(4,40)41)29-19-12-13-20-31(29)42-6-2/h7-13,15-20,25,30H,5-6,14,21-24H2,1-4H3,(H,35,39)/t25-,30-/m0/s1. The molecule has 2 atom stereocenters. The fourth-order valence-electron chi connectivity index (χ4n) is 4.73. The van der Waals surface area contributed by atoms with Crippen molar-refractivity contribution in [3.63, 3.8) is 0 Å². The Labute approximate surface area is 254 Å². The van der Waals surface area contributed by atoms with E-state index in [-0.39, 0.29) is 55.8 Å². The summed E-state index contributed by atoms with van der Waals surface area (Å²) in [6.45, 7) is 5.93. The van der Waals surface area contributed by atoms with Gasteiger partial charge in [-0.15, -0.1) is 0 Å². The molecule has 2 amide bonds. The molecular formula is C33H42FN3O5S. The number of nitrogens with zero attached hydrogens (tertiary/aromatic N) is 2. The Kier molecular flexibility index (Phi) is 12.5. The van der Waals surface area contributed by atoms with Gasteiger partial charge < -0.3 is 15.0 Å². The lowest BCUT2D eigenvalue weighted by atomic mass is 10.0. The van der Waals surface area contributed by atoms with E-state index < -0.39 is 21.9 Å². The number of sulfonamides is 1. The molecule has 0 aromatic heterocycles. The van der Waals surface area contributed by atoms with Crippen LogP contribution in [0.15, 0.2) is 78.9 Å². The Balaban J connectivity index is 1.91. The van der Waals surface area contributed by atoms with Crippen LogP contribution in [0, 0.1) is 5.82 Å². The van der Waals surface area contributed by atoms with Crippen LogP contribution in [0.2, 0.25) is 0 Å². The average molecular weight is 612 g/mol. The monoisotopic (exact) mass is 611 g/mol. The van der Waals surface area contributed by atoms with Gasteiger partial charge in [0.1, 0.15) is 17.6 Å². The van der Waals surface area contributed by atoms with Crippen LogP contribution in [0.25, 0.3) is 0 Å². The molecule has 8 nitrogen and oxygen atoms in total. The Bertz CT molecular complexity index is 1450. The number of ether oxygens (including phenoxy) is 1. The highest BCUT2D eigenvalue weighted by atomic mass is 32.2. The van der Waals surface area contributed by atoms with Crippen LogP contribution in [0.1, 0.15) is 51.2 Å². The SMILES string of the molecule is CCOc1ccccc1N(CCCC(=O)N(Cc1ccccc1F)[C@@H](Cc1ccccc1)C(=O)N[C@@H](C)CC)S(C)(=O)=O. The van der Waals surface area contributed by atoms with E-state index in [1.807, 2.05) is 51.1 Å². The van der Waals surface area contributed by atoms with Gasteiger partial charge in [-0.1, -0.05) is 67.6 Å². The fourth-order valence-corrected chi connectivity index (χ4v) is 5.70. The van der Waals surface area contributed by atoms with Gasteiger partial charge in [0.05, 0.1) is 18.6 Å². The Hall–Kier alpha value is -3.92. The largest absolute Gasteiger partial charge is 0.492 e. The topological polar surface area (TPSA) is 96.0 Å². The van der Waals surface area contributed by atoms with Crippen molar-refractivity contribution in [3.05, 3.63) is 95.8 Å². The van der Waals surface area contributed by atoms with Crippen molar-refractivity contribution in [2.75, 3.05) is 23.7 Å². The Morgan fingerprint density at radius 2 is 1.60 bits per heavy atom. The van der Waals surface area contributed by atoms with E-state index in [1.54, 1.807) is 42.5 Å². The van der Waals surface area contributed by atoms with E-state index in [4.69, 9.17) is 4.74 Å². The lowest BCUT2D eigenvalue weighted by Gasteiger charge is -2.33. The highest BCUT2D eigenvalue weighted by molar-refractivity contribution is 7.92. The highest BCUT2D eigenvalue weighted by Crippen LogP contribution is 2.30. The number of hydrogen-bond acceptors (Lipinski definition) is 5. The number of amides is 2. The van der Waals surface area contributed by atoms with Gasteiger partial charge in [0, 0.05) is 37.5 Å². The second kappa shape index (κ2) is 16.1. The smallest absolute Gasteiger partial charge is 0.243 e. The molecule has 0 fully saturated rings. The second-order valence-electron chi connectivity index (χ2n) is 10.5. The maximum atomic E-state index is 14.8. The number of hydrogen-bond donors (Lipinski definition) is 1. The summed E-state index contributed by atoms with van der Waals surface area (Å²) in [5, 5.41) is 2.99. The molecule has 1 N–H and O–H groups in total. The molecule has 3 rings (SSSR count). The van der Waals surface area contributed by atoms with E-state index >= 15 is 0 Å². The molecule has 232 valence electrons. The van der Waals surface area contributed by atoms with Gasteiger partial charge in [0.2, 0.25) is 21.8 Å². The number of anilines is 1. The summed E-state index contributed by atoms with van der Waals surface area (Å²) in [4.78, 5) is 29.0. The van der Waals surface area contributed by atoms with Crippen molar-refractivity contribution < 1.29 is 27.1 Å². The third-order valence-electron chi connectivity index (χ3n) is 7.16. The molecule has 0 heterocycles. The lowest BCUT2D eigenvalue weighted by Crippen LogP contribution is -2.52. The predicted octanol–water partition coefficient (Wildman–Crippen LogP) is 5.33. The molecule has 0 aliphatic heterocycles. The van der Waals surface area contributed by atoms with Gasteiger partial charge in [-0.25, -0.2) is 12.8 Å². The molecule has 0 aliphatic carbocycles. The molecule has 3 aromatic carbocycles. The van der Waals surface area contributed by atoms with Crippen molar-refractivity contribution in [2.24, 2.45) is 0 Å². The minimum atomic E-state index is -3.70. The zero-order chi connectivity index (χ0) is 31.4. The number of benzene rings is 3. The number of rotatable bonds is 16. The molecule has 43 heavy (non-hydrogen) atoms. The number of halogens is 1. The summed E-state index contributed by atoms with van der Waals surface area (Å²) in [6, 6.07) is 21.4. The van der Waals surface area contributed by atoms with Crippen molar-refractivity contribution in [1.29, 1.82) is 0 Å². The first kappa shape index (κ1) is 33.6. The average Bonchev–Trinajstić information content (AvgIpc) is 2.98. The van der Waals surface area contributed by atoms with Crippen molar-refractivity contribution in [3.8, 4) is 5.75 Å². The first-order valence-corrected chi connectivity index (χ1v) is 16.5. The first-order chi connectivity index (χ1) is 20.5. The van der Waals surface area contributed by atoms with Crippen LogP contribution in [-0.2, 0) is 32.6 Å². The van der Waals surface area contributed by atoms with E-state index in [2.05, 4.69) is 5.32 Å². The maximum absolute atomic E-state index is 14.8. The first-order valence-electron chi connectivity index (χ1n) is 14.6. The maximum Gasteiger partial charge on any atom is 0.243 e. The molecule has 0 aliphatic rings. The summed E-state index contributed by atoms with van der Waals surface area (Å²) in [6.07, 6.45) is 2.16. The number of carbonyl (C=O) groups is 2. The van der Waals surface area contributed by atoms with Crippen LogP contribution < -0.4 is 14.4 Å². The van der Waals surface area contributed by atoms with Gasteiger partial charge in [-0.05, 0) is 50.5 Å². The van der Waals surface area contributed by atoms with Crippen LogP contribution in [0.4, 0.5) is 10.1 Å². The zero-order valence-electron chi connectivity index (χ0n) is 25.3. The summed E-state index contributed by atoms with van der Waals surface area (Å²) < 4.78 is 47.3. The summed E-state index contributed by atoms with van der Waals surface area (Å²) >= 11 is 0. The van der Waals surface area contributed by atoms with Crippen molar-refractivity contribution in [1.82, 2.24) is 10.2 Å². The zero-order valence-corrected chi connectivity index (χ0v) is 26.1. The van der Waals surface area contributed by atoms with E-state index in [9.17, 15) is 22.4 Å². The molecule has 0 saturated carbocycles. The molecule has 0 bridgehead atoms. The van der Waals surface area contributed by atoms with Crippen molar-refractivity contribution in [2.45, 2.75) is 65.1 Å². The third-order valence-corrected chi connectivity index (χ3v) is 8.34. The lowest BCUT2D eigenvalue weighted by molar-refractivity contribution is -0.141. The number of carbonyl (C=O) groups excluding carboxylic acids is 2. The second-order valence-corrected chi connectivity index (χ2v) is 12.4. The third kappa shape index (κ3) is 9.81. The minimum Gasteiger partial charge on any atom is -0.492 e. The Morgan fingerprint density at radius 3 is 2.26 bits per heavy atom. The van der Waals surface area contributed by atoms with E-state index in [1.165, 1.54) is 15.3 Å². The van der Waals surface area contributed by atoms with Gasteiger partial charge in [0.15, 0.2) is 0 Å². The van der Waals surface area contributed by atoms with Crippen LogP contribution in [-0.4, -0.2) is 56.6 Å². The highest BCUT2D eigenvalue weighted by Gasteiger charge is 2.31. The summed E-state index contributed by atoms with van der Waals surface area (Å²) in [5.41, 5.74) is 1.53. The van der Waals surface area contributed by atoms with E-state index in [0.29, 0.717) is 24.5 Å². The van der Waals surface area contributed by atoms with Gasteiger partial charge >= 0.3 is 0 Å². The van der Waals surface area contributed by atoms with E-state index in [0.717, 1.165) is 11.8 Å². The molecule has 0 radical (unpaired) electrons. The van der Waals surface area contributed by atoms with Crippen LogP contribution in [0.5, 0.6) is 5.75 Å². The molecule has 0 saturated heterocycles. The van der Waals surface area contributed by atoms with Crippen LogP contribution in [0.3, 0.4) is 0 Å². The predicted molar refractivity (Wildman–Crippen MR) is 168 cm³/mol. The summed E-state index contributed by atoms with van der Waals surface area (Å²) in [7, 11) is -3.70. The quantitative estimate of drug-likeness (QED) is 0.236. The van der Waals surface area contributed by atoms with Crippen molar-refractivity contribution >= 4 is 27.5 Å². The fraction of sp³-hybridized carbons (Fsp3) is 0.394. The van der Waals surface area contributed by atoms with Gasteiger partial charge in [0.25, 0.3) is 0 Å². The number of nitrogens with one attached hydrogen (secondary N) is 1. The molecule has 0 spiro atoms. The Morgan fingerprint density at radius 1 is 0.953 bits per heavy atom. The molecule has 0 unspecified atom stereocenters. The van der Waals surface area contributed by atoms with Crippen LogP contribution >= 0.6 is 0 Å². The normalized spacial score (nSPS) is 12.7. The van der Waals surface area contributed by atoms with Gasteiger partial charge in [-0.2, -0.15) is 0 Å². The summed E-state index contributed by atoms with van der Waals surface area (Å²) in [5.74, 6) is -0.759.